The first-order chi connectivity index (χ1) is 17.4. The Morgan fingerprint density at radius 2 is 1.28 bits per heavy atom. The van der Waals surface area contributed by atoms with Gasteiger partial charge in [0.05, 0.1) is 6.42 Å². The Balaban J connectivity index is 1.58. The van der Waals surface area contributed by atoms with E-state index in [1.807, 2.05) is 12.1 Å². The third-order valence-corrected chi connectivity index (χ3v) is 4.91. The second-order valence-corrected chi connectivity index (χ2v) is 7.65. The summed E-state index contributed by atoms with van der Waals surface area (Å²) >= 11 is 0. The molecule has 0 aromatic heterocycles. The predicted molar refractivity (Wildman–Crippen MR) is 126 cm³/mol. The fourth-order valence-electron chi connectivity index (χ4n) is 3.02. The molecule has 0 saturated heterocycles. The topological polar surface area (TPSA) is 108 Å². The fraction of sp³-hybridized carbons (Fsp3) is 0.185. The zero-order chi connectivity index (χ0) is 25.8. The third kappa shape index (κ3) is 8.68. The number of ether oxygens (including phenoxy) is 3. The van der Waals surface area contributed by atoms with Gasteiger partial charge < -0.3 is 19.5 Å². The molecule has 1 N–H and O–H groups in total. The molecule has 0 bridgehead atoms. The van der Waals surface area contributed by atoms with Gasteiger partial charge in [-0.25, -0.2) is 14.0 Å². The summed E-state index contributed by atoms with van der Waals surface area (Å²) in [6.45, 7) is -0.750. The molecule has 0 aliphatic rings. The number of ketones is 1. The lowest BCUT2D eigenvalue weighted by atomic mass is 10.1. The van der Waals surface area contributed by atoms with E-state index in [0.29, 0.717) is 0 Å². The maximum absolute atomic E-state index is 13.1. The summed E-state index contributed by atoms with van der Waals surface area (Å²) in [5, 5.41) is 2.29. The zero-order valence-electron chi connectivity index (χ0n) is 19.2. The van der Waals surface area contributed by atoms with Crippen LogP contribution in [0.2, 0.25) is 0 Å². The molecule has 9 heteroatoms. The van der Waals surface area contributed by atoms with Crippen molar-refractivity contribution in [1.82, 2.24) is 5.32 Å². The van der Waals surface area contributed by atoms with Gasteiger partial charge in [0.15, 0.2) is 12.4 Å². The van der Waals surface area contributed by atoms with Crippen molar-refractivity contribution in [2.24, 2.45) is 0 Å². The van der Waals surface area contributed by atoms with E-state index < -0.39 is 48.7 Å². The Morgan fingerprint density at radius 3 is 1.86 bits per heavy atom. The van der Waals surface area contributed by atoms with Crippen molar-refractivity contribution < 1.29 is 37.8 Å². The van der Waals surface area contributed by atoms with E-state index in [-0.39, 0.29) is 18.8 Å². The minimum Gasteiger partial charge on any atom is -0.461 e. The van der Waals surface area contributed by atoms with E-state index in [1.54, 1.807) is 48.5 Å². The molecule has 8 nitrogen and oxygen atoms in total. The van der Waals surface area contributed by atoms with Crippen LogP contribution < -0.4 is 5.32 Å². The van der Waals surface area contributed by atoms with Gasteiger partial charge in [-0.05, 0) is 35.4 Å². The van der Waals surface area contributed by atoms with Gasteiger partial charge in [0.2, 0.25) is 0 Å². The summed E-state index contributed by atoms with van der Waals surface area (Å²) in [4.78, 5) is 49.5. The smallest absolute Gasteiger partial charge is 0.408 e. The van der Waals surface area contributed by atoms with Gasteiger partial charge in [-0.15, -0.1) is 0 Å². The van der Waals surface area contributed by atoms with E-state index in [0.717, 1.165) is 23.3 Å². The monoisotopic (exact) mass is 493 g/mol. The molecule has 0 aliphatic carbocycles. The van der Waals surface area contributed by atoms with Crippen LogP contribution in [0.25, 0.3) is 0 Å². The summed E-state index contributed by atoms with van der Waals surface area (Å²) in [7, 11) is 0. The summed E-state index contributed by atoms with van der Waals surface area (Å²) < 4.78 is 28.4. The summed E-state index contributed by atoms with van der Waals surface area (Å²) in [6.07, 6.45) is -1.50. The van der Waals surface area contributed by atoms with E-state index in [2.05, 4.69) is 5.32 Å². The van der Waals surface area contributed by atoms with E-state index in [4.69, 9.17) is 14.2 Å². The molecular formula is C27H24FNO7. The standard InChI is InChI=1S/C27H24FNO7/c28-22-13-11-21(12-14-22)24(30)18-35-26(32)23(15-25(31)34-16-19-7-3-1-4-8-19)29-27(33)36-17-20-9-5-2-6-10-20/h1-14,23H,15-18H2,(H,29,33)/t23-/m1/s1. The number of nitrogens with one attached hydrogen (secondary N) is 1. The minimum atomic E-state index is -1.46. The summed E-state index contributed by atoms with van der Waals surface area (Å²) in [6, 6.07) is 21.0. The highest BCUT2D eigenvalue weighted by molar-refractivity contribution is 5.98. The van der Waals surface area contributed by atoms with E-state index in [1.165, 1.54) is 12.1 Å². The van der Waals surface area contributed by atoms with Crippen LogP contribution in [0.5, 0.6) is 0 Å². The molecule has 3 aromatic rings. The summed E-state index contributed by atoms with van der Waals surface area (Å²) in [5.74, 6) is -2.90. The van der Waals surface area contributed by atoms with Crippen LogP contribution >= 0.6 is 0 Å². The van der Waals surface area contributed by atoms with E-state index >= 15 is 0 Å². The van der Waals surface area contributed by atoms with Gasteiger partial charge in [-0.2, -0.15) is 0 Å². The van der Waals surface area contributed by atoms with Crippen molar-refractivity contribution in [3.05, 3.63) is 107 Å². The second kappa shape index (κ2) is 13.4. The highest BCUT2D eigenvalue weighted by atomic mass is 19.1. The fourth-order valence-corrected chi connectivity index (χ4v) is 3.02. The molecule has 0 aliphatic heterocycles. The maximum atomic E-state index is 13.1. The zero-order valence-corrected chi connectivity index (χ0v) is 19.2. The van der Waals surface area contributed by atoms with Crippen molar-refractivity contribution in [1.29, 1.82) is 0 Å². The van der Waals surface area contributed by atoms with Crippen molar-refractivity contribution >= 4 is 23.8 Å². The predicted octanol–water partition coefficient (Wildman–Crippen LogP) is 3.98. The first kappa shape index (κ1) is 26.1. The van der Waals surface area contributed by atoms with Gasteiger partial charge in [0, 0.05) is 5.56 Å². The highest BCUT2D eigenvalue weighted by Gasteiger charge is 2.27. The van der Waals surface area contributed by atoms with Gasteiger partial charge in [0.25, 0.3) is 0 Å². The second-order valence-electron chi connectivity index (χ2n) is 7.65. The Kier molecular flexibility index (Phi) is 9.69. The number of carbonyl (C=O) groups excluding carboxylic acids is 4. The van der Waals surface area contributed by atoms with Crippen LogP contribution in [-0.4, -0.2) is 36.5 Å². The molecule has 36 heavy (non-hydrogen) atoms. The number of halogens is 1. The lowest BCUT2D eigenvalue weighted by molar-refractivity contribution is -0.152. The van der Waals surface area contributed by atoms with Crippen molar-refractivity contribution in [3.63, 3.8) is 0 Å². The van der Waals surface area contributed by atoms with Crippen LogP contribution in [0, 0.1) is 5.82 Å². The molecule has 0 saturated carbocycles. The molecule has 186 valence electrons. The lowest BCUT2D eigenvalue weighted by Crippen LogP contribution is -2.44. The number of hydrogen-bond donors (Lipinski definition) is 1. The number of Topliss-reactive ketones (excluding diaryl/α,β-unsaturated/α-hetero) is 1. The average Bonchev–Trinajstić information content (AvgIpc) is 2.90. The largest absolute Gasteiger partial charge is 0.461 e. The van der Waals surface area contributed by atoms with Gasteiger partial charge in [-0.1, -0.05) is 60.7 Å². The van der Waals surface area contributed by atoms with Crippen LogP contribution in [0.3, 0.4) is 0 Å². The molecule has 3 rings (SSSR count). The molecule has 0 fully saturated rings. The highest BCUT2D eigenvalue weighted by Crippen LogP contribution is 2.08. The summed E-state index contributed by atoms with van der Waals surface area (Å²) in [5.41, 5.74) is 1.60. The van der Waals surface area contributed by atoms with Crippen molar-refractivity contribution in [2.75, 3.05) is 6.61 Å². The molecule has 0 spiro atoms. The average molecular weight is 493 g/mol. The lowest BCUT2D eigenvalue weighted by Gasteiger charge is -2.17. The molecule has 0 unspecified atom stereocenters. The molecular weight excluding hydrogens is 469 g/mol. The quantitative estimate of drug-likeness (QED) is 0.245. The van der Waals surface area contributed by atoms with Crippen LogP contribution in [-0.2, 0) is 37.0 Å². The van der Waals surface area contributed by atoms with E-state index in [9.17, 15) is 23.6 Å². The molecule has 1 amide bonds. The maximum Gasteiger partial charge on any atom is 0.408 e. The number of amides is 1. The first-order valence-electron chi connectivity index (χ1n) is 11.0. The number of rotatable bonds is 11. The van der Waals surface area contributed by atoms with Crippen LogP contribution in [0.15, 0.2) is 84.9 Å². The number of alkyl carbamates (subject to hydrolysis) is 1. The number of carbonyl (C=O) groups is 4. The van der Waals surface area contributed by atoms with Gasteiger partial charge in [0.1, 0.15) is 25.1 Å². The first-order valence-corrected chi connectivity index (χ1v) is 11.0. The minimum absolute atomic E-state index is 0.0249. The molecule has 3 aromatic carbocycles. The number of hydrogen-bond acceptors (Lipinski definition) is 7. The SMILES string of the molecule is O=C(C[C@@H](NC(=O)OCc1ccccc1)C(=O)OCC(=O)c1ccc(F)cc1)OCc1ccccc1. The van der Waals surface area contributed by atoms with Crippen molar-refractivity contribution in [2.45, 2.75) is 25.7 Å². The molecule has 1 atom stereocenters. The van der Waals surface area contributed by atoms with Crippen molar-refractivity contribution in [3.8, 4) is 0 Å². The number of benzene rings is 3. The molecule has 0 radical (unpaired) electrons. The third-order valence-electron chi connectivity index (χ3n) is 4.91. The normalized spacial score (nSPS) is 11.1. The molecule has 0 heterocycles. The van der Waals surface area contributed by atoms with Gasteiger partial charge in [-0.3, -0.25) is 9.59 Å². The van der Waals surface area contributed by atoms with Crippen LogP contribution in [0.4, 0.5) is 9.18 Å². The Bertz CT molecular complexity index is 1110. The Labute approximate surface area is 207 Å². The Morgan fingerprint density at radius 1 is 0.722 bits per heavy atom. The van der Waals surface area contributed by atoms with Gasteiger partial charge >= 0.3 is 18.0 Å². The Hall–Kier alpha value is -4.53. The van der Waals surface area contributed by atoms with Crippen LogP contribution in [0.1, 0.15) is 27.9 Å². The number of esters is 2.